The van der Waals surface area contributed by atoms with Gasteiger partial charge in [-0.05, 0) is 36.2 Å². The molecule has 3 N–H and O–H groups in total. The third-order valence-electron chi connectivity index (χ3n) is 7.43. The largest absolute Gasteiger partial charge is 0.368 e. The number of piperidine rings is 1. The first-order valence-corrected chi connectivity index (χ1v) is 8.74. The zero-order valence-electron chi connectivity index (χ0n) is 14.3. The van der Waals surface area contributed by atoms with Crippen molar-refractivity contribution in [2.24, 2.45) is 22.5 Å². The molecule has 24 heavy (non-hydrogen) atoms. The molecule has 4 bridgehead atoms. The molecule has 5 heteroatoms. The van der Waals surface area contributed by atoms with E-state index in [1.165, 1.54) is 0 Å². The Morgan fingerprint density at radius 3 is 2.62 bits per heavy atom. The number of carbonyl (C=O) groups excluding carboxylic acids is 2. The van der Waals surface area contributed by atoms with Gasteiger partial charge >= 0.3 is 0 Å². The Labute approximate surface area is 142 Å². The summed E-state index contributed by atoms with van der Waals surface area (Å²) in [5.41, 5.74) is 9.01. The maximum atomic E-state index is 12.5. The van der Waals surface area contributed by atoms with Gasteiger partial charge in [0.25, 0.3) is 0 Å². The summed E-state index contributed by atoms with van der Waals surface area (Å²) in [7, 11) is 0. The van der Waals surface area contributed by atoms with Gasteiger partial charge in [-0.25, -0.2) is 5.01 Å². The van der Waals surface area contributed by atoms with Crippen LogP contribution < -0.4 is 11.2 Å². The van der Waals surface area contributed by atoms with Crippen molar-refractivity contribution in [1.82, 2.24) is 10.4 Å². The molecular formula is C19H25N3O2. The molecule has 2 amide bonds. The first kappa shape index (κ1) is 15.6. The fourth-order valence-electron chi connectivity index (χ4n) is 5.89. The normalized spacial score (nSPS) is 40.0. The second kappa shape index (κ2) is 4.82. The number of nitrogens with one attached hydrogen (secondary N) is 1. The lowest BCUT2D eigenvalue weighted by Gasteiger charge is -2.45. The number of primary amides is 1. The summed E-state index contributed by atoms with van der Waals surface area (Å²) in [6.45, 7) is 5.16. The Hall–Kier alpha value is -1.88. The average molecular weight is 327 g/mol. The van der Waals surface area contributed by atoms with Crippen molar-refractivity contribution >= 4 is 11.8 Å². The molecule has 2 saturated carbocycles. The fourth-order valence-corrected chi connectivity index (χ4v) is 5.89. The fraction of sp³-hybridized carbons (Fsp3) is 0.579. The summed E-state index contributed by atoms with van der Waals surface area (Å²) in [6, 6.07) is 9.65. The van der Waals surface area contributed by atoms with Crippen molar-refractivity contribution in [3.05, 3.63) is 35.9 Å². The molecular weight excluding hydrogens is 302 g/mol. The SMILES string of the molecule is C[C@@]12CC[C@H]3C[C@@]1(C(N)=O)N(NC(=O)Cc1ccccc1)C[C@@]32C. The molecule has 2 aliphatic carbocycles. The molecule has 5 nitrogen and oxygen atoms in total. The maximum Gasteiger partial charge on any atom is 0.240 e. The van der Waals surface area contributed by atoms with E-state index in [1.807, 2.05) is 35.3 Å². The van der Waals surface area contributed by atoms with E-state index in [-0.39, 0.29) is 22.6 Å². The number of hydrogen-bond donors (Lipinski definition) is 2. The zero-order chi connectivity index (χ0) is 17.2. The summed E-state index contributed by atoms with van der Waals surface area (Å²) in [5, 5.41) is 1.87. The van der Waals surface area contributed by atoms with Gasteiger partial charge in [0.1, 0.15) is 5.54 Å². The van der Waals surface area contributed by atoms with Crippen LogP contribution in [0.2, 0.25) is 0 Å². The number of hydrazine groups is 1. The van der Waals surface area contributed by atoms with Crippen molar-refractivity contribution in [3.8, 4) is 0 Å². The summed E-state index contributed by atoms with van der Waals surface area (Å²) in [4.78, 5) is 25.0. The van der Waals surface area contributed by atoms with E-state index < -0.39 is 5.54 Å². The van der Waals surface area contributed by atoms with Gasteiger partial charge in [0, 0.05) is 12.0 Å². The van der Waals surface area contributed by atoms with Gasteiger partial charge in [-0.2, -0.15) is 0 Å². The van der Waals surface area contributed by atoms with Crippen LogP contribution in [0.5, 0.6) is 0 Å². The van der Waals surface area contributed by atoms with Gasteiger partial charge in [0.2, 0.25) is 11.8 Å². The first-order chi connectivity index (χ1) is 11.3. The van der Waals surface area contributed by atoms with Crippen LogP contribution in [-0.2, 0) is 16.0 Å². The Morgan fingerprint density at radius 2 is 2.00 bits per heavy atom. The van der Waals surface area contributed by atoms with E-state index in [1.54, 1.807) is 0 Å². The minimum Gasteiger partial charge on any atom is -0.368 e. The number of amides is 2. The topological polar surface area (TPSA) is 75.4 Å². The predicted molar refractivity (Wildman–Crippen MR) is 90.5 cm³/mol. The maximum absolute atomic E-state index is 12.5. The molecule has 1 aromatic carbocycles. The quantitative estimate of drug-likeness (QED) is 0.882. The van der Waals surface area contributed by atoms with Crippen LogP contribution in [0.25, 0.3) is 0 Å². The van der Waals surface area contributed by atoms with Crippen molar-refractivity contribution in [2.75, 3.05) is 6.54 Å². The van der Waals surface area contributed by atoms with Crippen LogP contribution in [0.4, 0.5) is 0 Å². The van der Waals surface area contributed by atoms with Crippen molar-refractivity contribution in [3.63, 3.8) is 0 Å². The molecule has 1 aromatic rings. The van der Waals surface area contributed by atoms with Gasteiger partial charge < -0.3 is 5.73 Å². The molecule has 4 rings (SSSR count). The number of hydrogen-bond acceptors (Lipinski definition) is 3. The molecule has 128 valence electrons. The van der Waals surface area contributed by atoms with Crippen LogP contribution >= 0.6 is 0 Å². The third-order valence-corrected chi connectivity index (χ3v) is 7.43. The van der Waals surface area contributed by atoms with Gasteiger partial charge in [0.15, 0.2) is 0 Å². The van der Waals surface area contributed by atoms with Crippen molar-refractivity contribution in [2.45, 2.75) is 45.1 Å². The van der Waals surface area contributed by atoms with Crippen LogP contribution in [-0.4, -0.2) is 28.9 Å². The number of carbonyl (C=O) groups is 2. The van der Waals surface area contributed by atoms with Crippen molar-refractivity contribution in [1.29, 1.82) is 0 Å². The first-order valence-electron chi connectivity index (χ1n) is 8.74. The van der Waals surface area contributed by atoms with E-state index in [0.29, 0.717) is 18.9 Å². The monoisotopic (exact) mass is 327 g/mol. The average Bonchev–Trinajstić information content (AvgIpc) is 2.97. The summed E-state index contributed by atoms with van der Waals surface area (Å²) in [5.74, 6) is 0.144. The van der Waals surface area contributed by atoms with E-state index >= 15 is 0 Å². The number of nitrogens with two attached hydrogens (primary N) is 1. The molecule has 3 fully saturated rings. The van der Waals surface area contributed by atoms with Gasteiger partial charge in [0.05, 0.1) is 6.42 Å². The summed E-state index contributed by atoms with van der Waals surface area (Å²) < 4.78 is 0. The third kappa shape index (κ3) is 1.68. The highest BCUT2D eigenvalue weighted by molar-refractivity contribution is 5.88. The van der Waals surface area contributed by atoms with Crippen LogP contribution in [0, 0.1) is 16.7 Å². The lowest BCUT2D eigenvalue weighted by molar-refractivity contribution is -0.143. The number of rotatable bonds is 4. The lowest BCUT2D eigenvalue weighted by atomic mass is 9.65. The zero-order valence-corrected chi connectivity index (χ0v) is 14.3. The molecule has 0 radical (unpaired) electrons. The second-order valence-corrected chi connectivity index (χ2v) is 8.20. The molecule has 0 spiro atoms. The Balaban J connectivity index is 1.59. The molecule has 0 unspecified atom stereocenters. The van der Waals surface area contributed by atoms with Crippen LogP contribution in [0.1, 0.15) is 38.7 Å². The standard InChI is InChI=1S/C19H25N3O2/c1-17-12-22(21-15(23)10-13-6-4-3-5-7-13)19(16(20)24)11-14(17)8-9-18(17,19)2/h3-7,14H,8-12H2,1-2H3,(H2,20,24)(H,21,23)/t14-,17-,18-,19-/m0/s1. The molecule has 1 aliphatic heterocycles. The molecule has 1 heterocycles. The van der Waals surface area contributed by atoms with Gasteiger partial charge in [-0.3, -0.25) is 15.0 Å². The summed E-state index contributed by atoms with van der Waals surface area (Å²) in [6.07, 6.45) is 3.24. The molecule has 0 aromatic heterocycles. The molecule has 3 aliphatic rings. The minimum atomic E-state index is -0.739. The summed E-state index contributed by atoms with van der Waals surface area (Å²) >= 11 is 0. The van der Waals surface area contributed by atoms with E-state index in [0.717, 1.165) is 24.8 Å². The van der Waals surface area contributed by atoms with Crippen LogP contribution in [0.3, 0.4) is 0 Å². The van der Waals surface area contributed by atoms with Gasteiger partial charge in [-0.15, -0.1) is 0 Å². The van der Waals surface area contributed by atoms with E-state index in [9.17, 15) is 9.59 Å². The lowest BCUT2D eigenvalue weighted by Crippen LogP contribution is -2.66. The van der Waals surface area contributed by atoms with E-state index in [2.05, 4.69) is 19.3 Å². The highest BCUT2D eigenvalue weighted by Crippen LogP contribution is 2.75. The Kier molecular flexibility index (Phi) is 3.14. The predicted octanol–water partition coefficient (Wildman–Crippen LogP) is 1.63. The highest BCUT2D eigenvalue weighted by Gasteiger charge is 2.80. The smallest absolute Gasteiger partial charge is 0.240 e. The Bertz CT molecular complexity index is 706. The van der Waals surface area contributed by atoms with Gasteiger partial charge in [-0.1, -0.05) is 44.2 Å². The number of benzene rings is 1. The Morgan fingerprint density at radius 1 is 1.29 bits per heavy atom. The van der Waals surface area contributed by atoms with Crippen LogP contribution in [0.15, 0.2) is 30.3 Å². The second-order valence-electron chi connectivity index (χ2n) is 8.20. The highest BCUT2D eigenvalue weighted by atomic mass is 16.2. The van der Waals surface area contributed by atoms with Crippen molar-refractivity contribution < 1.29 is 9.59 Å². The minimum absolute atomic E-state index is 0.0437. The molecule has 1 saturated heterocycles. The molecule has 4 atom stereocenters. The van der Waals surface area contributed by atoms with E-state index in [4.69, 9.17) is 5.73 Å². The number of nitrogens with zero attached hydrogens (tertiary/aromatic N) is 1.